The van der Waals surface area contributed by atoms with Crippen LogP contribution in [0.4, 0.5) is 0 Å². The Balaban J connectivity index is 1.58. The van der Waals surface area contributed by atoms with Crippen molar-refractivity contribution in [1.29, 1.82) is 0 Å². The van der Waals surface area contributed by atoms with Gasteiger partial charge in [0, 0.05) is 5.56 Å². The van der Waals surface area contributed by atoms with Crippen molar-refractivity contribution in [3.63, 3.8) is 0 Å². The molecule has 4 aromatic rings. The molecule has 0 fully saturated rings. The van der Waals surface area contributed by atoms with E-state index >= 15 is 0 Å². The number of thiazole rings is 1. The van der Waals surface area contributed by atoms with Gasteiger partial charge in [-0.2, -0.15) is 0 Å². The van der Waals surface area contributed by atoms with Gasteiger partial charge in [-0.1, -0.05) is 66.7 Å². The molecule has 1 heterocycles. The fourth-order valence-corrected chi connectivity index (χ4v) is 3.65. The number of fused-ring (bicyclic) bond motifs is 1. The van der Waals surface area contributed by atoms with Crippen LogP contribution in [-0.2, 0) is 0 Å². The molecule has 0 aliphatic heterocycles. The molecule has 0 saturated carbocycles. The van der Waals surface area contributed by atoms with Gasteiger partial charge in [0.15, 0.2) is 0 Å². The molecule has 0 saturated heterocycles. The van der Waals surface area contributed by atoms with Crippen LogP contribution in [0.1, 0.15) is 11.1 Å². The topological polar surface area (TPSA) is 22.1 Å². The highest BCUT2D eigenvalue weighted by Gasteiger charge is 2.07. The van der Waals surface area contributed by atoms with E-state index in [1.165, 1.54) is 11.1 Å². The van der Waals surface area contributed by atoms with Gasteiger partial charge >= 0.3 is 0 Å². The second-order valence-corrected chi connectivity index (χ2v) is 6.75. The van der Waals surface area contributed by atoms with E-state index in [-0.39, 0.29) is 0 Å². The van der Waals surface area contributed by atoms with Crippen LogP contribution in [0.2, 0.25) is 0 Å². The SMILES string of the molecule is COc1ccc2nc(-c3ccc(/C=C/c4ccccc4)cc3)sc2c1. The number of methoxy groups -OCH3 is 1. The summed E-state index contributed by atoms with van der Waals surface area (Å²) in [6.07, 6.45) is 4.25. The molecule has 0 N–H and O–H groups in total. The lowest BCUT2D eigenvalue weighted by Crippen LogP contribution is -1.80. The third-order valence-electron chi connectivity index (χ3n) is 4.02. The van der Waals surface area contributed by atoms with Crippen molar-refractivity contribution in [2.75, 3.05) is 7.11 Å². The Hall–Kier alpha value is -2.91. The average Bonchev–Trinajstić information content (AvgIpc) is 3.10. The number of hydrogen-bond donors (Lipinski definition) is 0. The smallest absolute Gasteiger partial charge is 0.124 e. The normalized spacial score (nSPS) is 11.2. The third kappa shape index (κ3) is 3.47. The van der Waals surface area contributed by atoms with Gasteiger partial charge in [-0.15, -0.1) is 11.3 Å². The van der Waals surface area contributed by atoms with Crippen LogP contribution in [0.3, 0.4) is 0 Å². The number of benzene rings is 3. The molecule has 3 heteroatoms. The Kier molecular flexibility index (Phi) is 4.32. The molecule has 0 spiro atoms. The third-order valence-corrected chi connectivity index (χ3v) is 5.09. The van der Waals surface area contributed by atoms with Gasteiger partial charge < -0.3 is 4.74 Å². The molecule has 0 aliphatic carbocycles. The summed E-state index contributed by atoms with van der Waals surface area (Å²) in [7, 11) is 1.69. The lowest BCUT2D eigenvalue weighted by Gasteiger charge is -1.98. The van der Waals surface area contributed by atoms with Crippen molar-refractivity contribution in [2.45, 2.75) is 0 Å². The number of rotatable bonds is 4. The summed E-state index contributed by atoms with van der Waals surface area (Å²) in [4.78, 5) is 4.73. The van der Waals surface area contributed by atoms with Gasteiger partial charge in [0.2, 0.25) is 0 Å². The molecule has 0 bridgehead atoms. The Labute approximate surface area is 151 Å². The standard InChI is InChI=1S/C22H17NOS/c1-24-19-13-14-20-21(15-19)25-22(23-20)18-11-9-17(10-12-18)8-7-16-5-3-2-4-6-16/h2-15H,1H3/b8-7+. The molecular weight excluding hydrogens is 326 g/mol. The lowest BCUT2D eigenvalue weighted by atomic mass is 10.1. The molecule has 1 aromatic heterocycles. The molecule has 4 rings (SSSR count). The summed E-state index contributed by atoms with van der Waals surface area (Å²) < 4.78 is 6.43. The molecular formula is C22H17NOS. The van der Waals surface area contributed by atoms with Crippen LogP contribution < -0.4 is 4.74 Å². The van der Waals surface area contributed by atoms with Crippen molar-refractivity contribution >= 4 is 33.7 Å². The molecule has 2 nitrogen and oxygen atoms in total. The maximum absolute atomic E-state index is 5.29. The molecule has 0 aliphatic rings. The van der Waals surface area contributed by atoms with Crippen molar-refractivity contribution in [3.05, 3.63) is 83.9 Å². The predicted octanol–water partition coefficient (Wildman–Crippen LogP) is 6.14. The Morgan fingerprint density at radius 2 is 1.56 bits per heavy atom. The van der Waals surface area contributed by atoms with Crippen molar-refractivity contribution < 1.29 is 4.74 Å². The fourth-order valence-electron chi connectivity index (χ4n) is 2.65. The summed E-state index contributed by atoms with van der Waals surface area (Å²) >= 11 is 1.69. The first-order chi connectivity index (χ1) is 12.3. The minimum absolute atomic E-state index is 0.865. The van der Waals surface area contributed by atoms with Gasteiger partial charge in [0.25, 0.3) is 0 Å². The second kappa shape index (κ2) is 6.91. The van der Waals surface area contributed by atoms with Crippen LogP contribution in [0.5, 0.6) is 5.75 Å². The number of nitrogens with zero attached hydrogens (tertiary/aromatic N) is 1. The zero-order valence-corrected chi connectivity index (χ0v) is 14.7. The summed E-state index contributed by atoms with van der Waals surface area (Å²) in [6, 6.07) is 24.8. The van der Waals surface area contributed by atoms with Crippen molar-refractivity contribution in [1.82, 2.24) is 4.98 Å². The van der Waals surface area contributed by atoms with Gasteiger partial charge in [-0.25, -0.2) is 4.98 Å². The van der Waals surface area contributed by atoms with Crippen LogP contribution in [-0.4, -0.2) is 12.1 Å². The summed E-state index contributed by atoms with van der Waals surface area (Å²) in [5.74, 6) is 0.865. The molecule has 0 radical (unpaired) electrons. The van der Waals surface area contributed by atoms with Gasteiger partial charge in [-0.05, 0) is 29.3 Å². The summed E-state index contributed by atoms with van der Waals surface area (Å²) in [5, 5.41) is 1.03. The summed E-state index contributed by atoms with van der Waals surface area (Å²) in [6.45, 7) is 0. The fraction of sp³-hybridized carbons (Fsp3) is 0.0455. The first-order valence-electron chi connectivity index (χ1n) is 8.10. The Bertz CT molecular complexity index is 1020. The van der Waals surface area contributed by atoms with Crippen LogP contribution in [0.25, 0.3) is 32.9 Å². The second-order valence-electron chi connectivity index (χ2n) is 5.72. The minimum Gasteiger partial charge on any atom is -0.497 e. The van der Waals surface area contributed by atoms with Crippen LogP contribution in [0.15, 0.2) is 72.8 Å². The van der Waals surface area contributed by atoms with E-state index in [9.17, 15) is 0 Å². The highest BCUT2D eigenvalue weighted by Crippen LogP contribution is 2.32. The number of hydrogen-bond acceptors (Lipinski definition) is 3. The first kappa shape index (κ1) is 15.6. The maximum Gasteiger partial charge on any atom is 0.124 e. The molecule has 122 valence electrons. The minimum atomic E-state index is 0.865. The van der Waals surface area contributed by atoms with E-state index in [0.717, 1.165) is 26.5 Å². The number of aromatic nitrogens is 1. The van der Waals surface area contributed by atoms with E-state index in [4.69, 9.17) is 9.72 Å². The van der Waals surface area contributed by atoms with E-state index in [0.29, 0.717) is 0 Å². The highest BCUT2D eigenvalue weighted by atomic mass is 32.1. The van der Waals surface area contributed by atoms with E-state index < -0.39 is 0 Å². The van der Waals surface area contributed by atoms with Gasteiger partial charge in [-0.3, -0.25) is 0 Å². The van der Waals surface area contributed by atoms with Gasteiger partial charge in [0.05, 0.1) is 17.3 Å². The van der Waals surface area contributed by atoms with E-state index in [2.05, 4.69) is 48.6 Å². The zero-order valence-electron chi connectivity index (χ0n) is 13.8. The maximum atomic E-state index is 5.29. The molecule has 0 atom stereocenters. The first-order valence-corrected chi connectivity index (χ1v) is 8.92. The molecule has 0 amide bonds. The lowest BCUT2D eigenvalue weighted by molar-refractivity contribution is 0.415. The van der Waals surface area contributed by atoms with E-state index in [1.54, 1.807) is 18.4 Å². The molecule has 0 unspecified atom stereocenters. The largest absolute Gasteiger partial charge is 0.497 e. The van der Waals surface area contributed by atoms with Gasteiger partial charge in [0.1, 0.15) is 10.8 Å². The average molecular weight is 343 g/mol. The quantitative estimate of drug-likeness (QED) is 0.415. The predicted molar refractivity (Wildman–Crippen MR) is 107 cm³/mol. The summed E-state index contributed by atoms with van der Waals surface area (Å²) in [5.41, 5.74) is 4.52. The number of ether oxygens (including phenoxy) is 1. The highest BCUT2D eigenvalue weighted by molar-refractivity contribution is 7.21. The molecule has 25 heavy (non-hydrogen) atoms. The van der Waals surface area contributed by atoms with Crippen LogP contribution in [0, 0.1) is 0 Å². The van der Waals surface area contributed by atoms with Crippen LogP contribution >= 0.6 is 11.3 Å². The Morgan fingerprint density at radius 3 is 2.28 bits per heavy atom. The Morgan fingerprint density at radius 1 is 0.840 bits per heavy atom. The zero-order chi connectivity index (χ0) is 17.1. The van der Waals surface area contributed by atoms with Crippen molar-refractivity contribution in [2.24, 2.45) is 0 Å². The monoisotopic (exact) mass is 343 g/mol. The van der Waals surface area contributed by atoms with E-state index in [1.807, 2.05) is 36.4 Å². The molecule has 3 aromatic carbocycles. The van der Waals surface area contributed by atoms with Crippen molar-refractivity contribution in [3.8, 4) is 16.3 Å².